The highest BCUT2D eigenvalue weighted by molar-refractivity contribution is 5.82. The van der Waals surface area contributed by atoms with Crippen molar-refractivity contribution in [1.29, 1.82) is 0 Å². The van der Waals surface area contributed by atoms with Crippen LogP contribution in [0.2, 0.25) is 0 Å². The zero-order valence-corrected chi connectivity index (χ0v) is 17.7. The molecular weight excluding hydrogens is 389 g/mol. The Hall–Kier alpha value is -3.80. The third kappa shape index (κ3) is 3.50. The molecule has 0 saturated heterocycles. The van der Waals surface area contributed by atoms with Gasteiger partial charge in [-0.05, 0) is 37.6 Å². The van der Waals surface area contributed by atoms with Crippen LogP contribution in [0.25, 0.3) is 28.1 Å². The van der Waals surface area contributed by atoms with Crippen LogP contribution in [0.15, 0.2) is 67.3 Å². The Morgan fingerprint density at radius 2 is 1.77 bits per heavy atom. The van der Waals surface area contributed by atoms with Crippen LogP contribution in [-0.4, -0.2) is 24.1 Å². The molecule has 0 amide bonds. The van der Waals surface area contributed by atoms with E-state index in [1.807, 2.05) is 26.1 Å². The van der Waals surface area contributed by atoms with E-state index in [0.717, 1.165) is 39.4 Å². The molecule has 0 spiro atoms. The monoisotopic (exact) mass is 411 g/mol. The van der Waals surface area contributed by atoms with E-state index >= 15 is 0 Å². The van der Waals surface area contributed by atoms with Gasteiger partial charge in [-0.1, -0.05) is 35.9 Å². The molecule has 0 N–H and O–H groups in total. The summed E-state index contributed by atoms with van der Waals surface area (Å²) in [7, 11) is 2.01. The first-order chi connectivity index (χ1) is 15.0. The molecule has 154 valence electrons. The van der Waals surface area contributed by atoms with E-state index in [1.54, 1.807) is 35.4 Å². The van der Waals surface area contributed by atoms with Gasteiger partial charge in [0.25, 0.3) is 0 Å². The minimum absolute atomic E-state index is 0.288. The fraction of sp³-hybridized carbons (Fsp3) is 0.160. The predicted octanol–water partition coefficient (Wildman–Crippen LogP) is 5.17. The second-order valence-corrected chi connectivity index (χ2v) is 7.87. The third-order valence-electron chi connectivity index (χ3n) is 5.56. The number of fused-ring (bicyclic) bond motifs is 1. The van der Waals surface area contributed by atoms with Crippen LogP contribution in [-0.2, 0) is 13.5 Å². The van der Waals surface area contributed by atoms with Crippen molar-refractivity contribution in [3.8, 4) is 17.1 Å². The lowest BCUT2D eigenvalue weighted by Crippen LogP contribution is -1.99. The average molecular weight is 411 g/mol. The van der Waals surface area contributed by atoms with Crippen molar-refractivity contribution in [3.63, 3.8) is 0 Å². The predicted molar refractivity (Wildman–Crippen MR) is 120 cm³/mol. The van der Waals surface area contributed by atoms with Gasteiger partial charge in [0.2, 0.25) is 0 Å². The van der Waals surface area contributed by atoms with Gasteiger partial charge in [0.05, 0.1) is 28.9 Å². The molecule has 0 unspecified atom stereocenters. The van der Waals surface area contributed by atoms with Crippen LogP contribution in [0.1, 0.15) is 22.5 Å². The normalized spacial score (nSPS) is 11.4. The lowest BCUT2D eigenvalue weighted by molar-refractivity contribution is 0.616. The van der Waals surface area contributed by atoms with Crippen molar-refractivity contribution in [3.05, 3.63) is 95.6 Å². The summed E-state index contributed by atoms with van der Waals surface area (Å²) in [5, 5.41) is 0. The maximum Gasteiger partial charge on any atom is 0.147 e. The minimum Gasteiger partial charge on any atom is -0.327 e. The van der Waals surface area contributed by atoms with E-state index in [0.29, 0.717) is 12.1 Å². The van der Waals surface area contributed by atoms with Gasteiger partial charge in [-0.25, -0.2) is 14.4 Å². The number of benzene rings is 2. The fourth-order valence-corrected chi connectivity index (χ4v) is 3.88. The lowest BCUT2D eigenvalue weighted by Gasteiger charge is -2.07. The van der Waals surface area contributed by atoms with Gasteiger partial charge in [-0.15, -0.1) is 0 Å². The first-order valence-corrected chi connectivity index (χ1v) is 10.2. The van der Waals surface area contributed by atoms with Crippen molar-refractivity contribution in [2.45, 2.75) is 20.3 Å². The van der Waals surface area contributed by atoms with Crippen LogP contribution in [0.3, 0.4) is 0 Å². The van der Waals surface area contributed by atoms with Gasteiger partial charge in [-0.2, -0.15) is 0 Å². The zero-order chi connectivity index (χ0) is 21.5. The number of pyridine rings is 1. The highest BCUT2D eigenvalue weighted by Gasteiger charge is 2.15. The molecular formula is C25H22FN5. The minimum atomic E-state index is -0.288. The molecule has 31 heavy (non-hydrogen) atoms. The molecule has 0 bridgehead atoms. The average Bonchev–Trinajstić information content (AvgIpc) is 3.33. The Morgan fingerprint density at radius 3 is 2.48 bits per heavy atom. The maximum absolute atomic E-state index is 14.8. The Balaban J connectivity index is 1.51. The van der Waals surface area contributed by atoms with Crippen molar-refractivity contribution >= 4 is 11.0 Å². The summed E-state index contributed by atoms with van der Waals surface area (Å²) in [4.78, 5) is 13.6. The summed E-state index contributed by atoms with van der Waals surface area (Å²) in [6.07, 6.45) is 5.72. The number of aromatic nitrogens is 5. The van der Waals surface area contributed by atoms with Gasteiger partial charge in [0, 0.05) is 31.4 Å². The Labute approximate surface area is 179 Å². The zero-order valence-electron chi connectivity index (χ0n) is 17.7. The van der Waals surface area contributed by atoms with Crippen molar-refractivity contribution in [2.24, 2.45) is 7.05 Å². The van der Waals surface area contributed by atoms with Gasteiger partial charge < -0.3 is 9.13 Å². The number of hydrogen-bond acceptors (Lipinski definition) is 3. The Morgan fingerprint density at radius 1 is 0.968 bits per heavy atom. The first-order valence-electron chi connectivity index (χ1n) is 10.2. The summed E-state index contributed by atoms with van der Waals surface area (Å²) < 4.78 is 18.6. The molecule has 3 heterocycles. The number of imidazole rings is 2. The van der Waals surface area contributed by atoms with Gasteiger partial charge in [-0.3, -0.25) is 4.98 Å². The molecule has 5 rings (SSSR count). The Kier molecular flexibility index (Phi) is 4.62. The van der Waals surface area contributed by atoms with Gasteiger partial charge in [0.1, 0.15) is 17.2 Å². The largest absolute Gasteiger partial charge is 0.327 e. The van der Waals surface area contributed by atoms with Crippen LogP contribution < -0.4 is 0 Å². The molecule has 2 aromatic carbocycles. The summed E-state index contributed by atoms with van der Waals surface area (Å²) >= 11 is 0. The molecule has 0 radical (unpaired) electrons. The lowest BCUT2D eigenvalue weighted by atomic mass is 10.1. The number of hydrogen-bond donors (Lipinski definition) is 0. The molecule has 0 saturated carbocycles. The molecule has 0 atom stereocenters. The second-order valence-electron chi connectivity index (χ2n) is 7.87. The standard InChI is InChI=1S/C25H22FN5/c1-16-4-7-19(8-5-16)25-29-24-21(27-11-10-23(24)30(25)3)13-18-6-9-22(20(26)12-18)31-14-17(2)28-15-31/h4-12,14-15H,13H2,1-3H3. The summed E-state index contributed by atoms with van der Waals surface area (Å²) in [5.74, 6) is 0.602. The molecule has 5 aromatic rings. The fourth-order valence-electron chi connectivity index (χ4n) is 3.88. The quantitative estimate of drug-likeness (QED) is 0.410. The summed E-state index contributed by atoms with van der Waals surface area (Å²) in [6, 6.07) is 15.6. The number of halogens is 1. The second kappa shape index (κ2) is 7.47. The smallest absolute Gasteiger partial charge is 0.147 e. The summed E-state index contributed by atoms with van der Waals surface area (Å²) in [6.45, 7) is 3.95. The van der Waals surface area contributed by atoms with Crippen LogP contribution in [0.4, 0.5) is 4.39 Å². The number of rotatable bonds is 4. The molecule has 3 aromatic heterocycles. The number of aryl methyl sites for hydroxylation is 3. The van der Waals surface area contributed by atoms with E-state index in [1.165, 1.54) is 5.56 Å². The molecule has 0 aliphatic rings. The van der Waals surface area contributed by atoms with Crippen molar-refractivity contribution in [1.82, 2.24) is 24.1 Å². The molecule has 0 fully saturated rings. The summed E-state index contributed by atoms with van der Waals surface area (Å²) in [5.41, 5.74) is 7.12. The van der Waals surface area contributed by atoms with E-state index < -0.39 is 0 Å². The van der Waals surface area contributed by atoms with Gasteiger partial charge >= 0.3 is 0 Å². The highest BCUT2D eigenvalue weighted by Crippen LogP contribution is 2.27. The van der Waals surface area contributed by atoms with Gasteiger partial charge in [0.15, 0.2) is 0 Å². The topological polar surface area (TPSA) is 48.5 Å². The number of nitrogens with zero attached hydrogens (tertiary/aromatic N) is 5. The molecule has 0 aliphatic carbocycles. The van der Waals surface area contributed by atoms with E-state index in [9.17, 15) is 4.39 Å². The van der Waals surface area contributed by atoms with Crippen LogP contribution in [0, 0.1) is 19.7 Å². The SMILES string of the molecule is Cc1ccc(-c2nc3c(Cc4ccc(-n5cnc(C)c5)c(F)c4)nccc3n2C)cc1. The molecule has 6 heteroatoms. The molecule has 5 nitrogen and oxygen atoms in total. The van der Waals surface area contributed by atoms with Crippen molar-refractivity contribution < 1.29 is 4.39 Å². The maximum atomic E-state index is 14.8. The van der Waals surface area contributed by atoms with Crippen LogP contribution in [0.5, 0.6) is 0 Å². The van der Waals surface area contributed by atoms with E-state index in [4.69, 9.17) is 4.98 Å². The molecule has 0 aliphatic heterocycles. The third-order valence-corrected chi connectivity index (χ3v) is 5.56. The Bertz CT molecular complexity index is 1400. The van der Waals surface area contributed by atoms with Crippen molar-refractivity contribution in [2.75, 3.05) is 0 Å². The van der Waals surface area contributed by atoms with E-state index in [-0.39, 0.29) is 5.82 Å². The van der Waals surface area contributed by atoms with Crippen LogP contribution >= 0.6 is 0 Å². The first kappa shape index (κ1) is 19.2. The highest BCUT2D eigenvalue weighted by atomic mass is 19.1. The van der Waals surface area contributed by atoms with E-state index in [2.05, 4.69) is 45.7 Å².